The molecule has 1 saturated carbocycles. The van der Waals surface area contributed by atoms with Gasteiger partial charge in [-0.15, -0.1) is 11.8 Å². The molecule has 0 bridgehead atoms. The first-order chi connectivity index (χ1) is 7.58. The Balaban J connectivity index is 1.94. The molecular formula is C13H16O2S. The largest absolute Gasteiger partial charge is 0.481 e. The summed E-state index contributed by atoms with van der Waals surface area (Å²) in [7, 11) is 0. The van der Waals surface area contributed by atoms with Crippen LogP contribution in [-0.2, 0) is 4.79 Å². The molecule has 1 aromatic carbocycles. The van der Waals surface area contributed by atoms with Crippen LogP contribution in [0.25, 0.3) is 0 Å². The molecule has 1 aliphatic rings. The number of benzene rings is 1. The summed E-state index contributed by atoms with van der Waals surface area (Å²) in [6.07, 6.45) is 0.811. The molecule has 0 radical (unpaired) electrons. The van der Waals surface area contributed by atoms with Crippen LogP contribution in [0.2, 0.25) is 0 Å². The van der Waals surface area contributed by atoms with Crippen molar-refractivity contribution in [2.45, 2.75) is 36.3 Å². The zero-order valence-corrected chi connectivity index (χ0v) is 10.3. The van der Waals surface area contributed by atoms with Gasteiger partial charge in [0.05, 0.1) is 5.92 Å². The molecule has 2 nitrogen and oxygen atoms in total. The topological polar surface area (TPSA) is 37.3 Å². The fourth-order valence-electron chi connectivity index (χ4n) is 1.67. The molecule has 0 saturated heterocycles. The van der Waals surface area contributed by atoms with E-state index in [-0.39, 0.29) is 11.2 Å². The molecule has 2 atom stereocenters. The van der Waals surface area contributed by atoms with E-state index in [1.165, 1.54) is 10.5 Å². The molecule has 1 aliphatic carbocycles. The van der Waals surface area contributed by atoms with Crippen molar-refractivity contribution in [3.05, 3.63) is 29.8 Å². The van der Waals surface area contributed by atoms with Gasteiger partial charge in [0.15, 0.2) is 0 Å². The third-order valence-corrected chi connectivity index (χ3v) is 4.25. The van der Waals surface area contributed by atoms with Crippen LogP contribution in [-0.4, -0.2) is 16.3 Å². The lowest BCUT2D eigenvalue weighted by Gasteiger charge is -2.06. The minimum absolute atomic E-state index is 0.130. The van der Waals surface area contributed by atoms with E-state index in [9.17, 15) is 4.79 Å². The van der Waals surface area contributed by atoms with Gasteiger partial charge in [-0.1, -0.05) is 26.0 Å². The third kappa shape index (κ3) is 2.59. The van der Waals surface area contributed by atoms with Crippen LogP contribution < -0.4 is 0 Å². The second-order valence-corrected chi connectivity index (χ2v) is 5.87. The molecule has 16 heavy (non-hydrogen) atoms. The SMILES string of the molecule is CC(C)c1ccc(SC2CC2C(=O)O)cc1. The highest BCUT2D eigenvalue weighted by molar-refractivity contribution is 8.00. The van der Waals surface area contributed by atoms with Crippen molar-refractivity contribution >= 4 is 17.7 Å². The molecule has 3 heteroatoms. The van der Waals surface area contributed by atoms with Gasteiger partial charge in [-0.3, -0.25) is 4.79 Å². The quantitative estimate of drug-likeness (QED) is 0.870. The molecule has 1 fully saturated rings. The molecule has 1 N–H and O–H groups in total. The highest BCUT2D eigenvalue weighted by atomic mass is 32.2. The summed E-state index contributed by atoms with van der Waals surface area (Å²) in [6.45, 7) is 4.34. The van der Waals surface area contributed by atoms with Gasteiger partial charge in [-0.05, 0) is 30.0 Å². The van der Waals surface area contributed by atoms with Crippen molar-refractivity contribution in [1.82, 2.24) is 0 Å². The first-order valence-corrected chi connectivity index (χ1v) is 6.45. The maximum absolute atomic E-state index is 10.7. The molecule has 0 aliphatic heterocycles. The average molecular weight is 236 g/mol. The minimum Gasteiger partial charge on any atom is -0.481 e. The van der Waals surface area contributed by atoms with Crippen LogP contribution in [0.5, 0.6) is 0 Å². The number of thioether (sulfide) groups is 1. The predicted molar refractivity (Wildman–Crippen MR) is 65.9 cm³/mol. The Morgan fingerprint density at radius 3 is 2.44 bits per heavy atom. The van der Waals surface area contributed by atoms with E-state index < -0.39 is 5.97 Å². The van der Waals surface area contributed by atoms with Crippen LogP contribution in [0.15, 0.2) is 29.2 Å². The van der Waals surface area contributed by atoms with Gasteiger partial charge in [0.25, 0.3) is 0 Å². The number of hydrogen-bond acceptors (Lipinski definition) is 2. The van der Waals surface area contributed by atoms with Gasteiger partial charge in [0.1, 0.15) is 0 Å². The van der Waals surface area contributed by atoms with Crippen LogP contribution in [0, 0.1) is 5.92 Å². The van der Waals surface area contributed by atoms with Gasteiger partial charge in [0, 0.05) is 10.1 Å². The van der Waals surface area contributed by atoms with Crippen molar-refractivity contribution in [2.24, 2.45) is 5.92 Å². The van der Waals surface area contributed by atoms with Crippen LogP contribution in [0.1, 0.15) is 31.7 Å². The van der Waals surface area contributed by atoms with Crippen LogP contribution in [0.3, 0.4) is 0 Å². The Bertz CT molecular complexity index is 383. The molecule has 0 spiro atoms. The minimum atomic E-state index is -0.656. The van der Waals surface area contributed by atoms with Crippen molar-refractivity contribution in [3.8, 4) is 0 Å². The van der Waals surface area contributed by atoms with Crippen molar-refractivity contribution in [1.29, 1.82) is 0 Å². The maximum Gasteiger partial charge on any atom is 0.307 e. The second kappa shape index (κ2) is 4.50. The summed E-state index contributed by atoms with van der Waals surface area (Å²) in [5.74, 6) is -0.238. The number of carbonyl (C=O) groups is 1. The highest BCUT2D eigenvalue weighted by Crippen LogP contribution is 2.45. The van der Waals surface area contributed by atoms with Crippen molar-refractivity contribution < 1.29 is 9.90 Å². The summed E-state index contributed by atoms with van der Waals surface area (Å²) >= 11 is 1.69. The molecule has 2 rings (SSSR count). The monoisotopic (exact) mass is 236 g/mol. The van der Waals surface area contributed by atoms with E-state index in [0.29, 0.717) is 5.92 Å². The fraction of sp³-hybridized carbons (Fsp3) is 0.462. The van der Waals surface area contributed by atoms with Gasteiger partial charge in [0.2, 0.25) is 0 Å². The number of carboxylic acid groups (broad SMARTS) is 1. The summed E-state index contributed by atoms with van der Waals surface area (Å²) < 4.78 is 0. The molecule has 2 unspecified atom stereocenters. The van der Waals surface area contributed by atoms with Gasteiger partial charge in [-0.2, -0.15) is 0 Å². The summed E-state index contributed by atoms with van der Waals surface area (Å²) in [5.41, 5.74) is 1.33. The predicted octanol–water partition coefficient (Wildman–Crippen LogP) is 3.38. The Morgan fingerprint density at radius 1 is 1.38 bits per heavy atom. The van der Waals surface area contributed by atoms with Crippen LogP contribution >= 0.6 is 11.8 Å². The number of carboxylic acids is 1. The first-order valence-electron chi connectivity index (χ1n) is 5.57. The number of hydrogen-bond donors (Lipinski definition) is 1. The molecule has 86 valence electrons. The normalized spacial score (nSPS) is 23.4. The molecule has 0 heterocycles. The van der Waals surface area contributed by atoms with Crippen molar-refractivity contribution in [2.75, 3.05) is 0 Å². The smallest absolute Gasteiger partial charge is 0.307 e. The second-order valence-electron chi connectivity index (χ2n) is 4.56. The lowest BCUT2D eigenvalue weighted by atomic mass is 10.0. The Morgan fingerprint density at radius 2 is 2.00 bits per heavy atom. The third-order valence-electron chi connectivity index (χ3n) is 2.88. The lowest BCUT2D eigenvalue weighted by Crippen LogP contribution is -1.99. The molecular weight excluding hydrogens is 220 g/mol. The Kier molecular flexibility index (Phi) is 3.24. The maximum atomic E-state index is 10.7. The van der Waals surface area contributed by atoms with E-state index in [1.807, 2.05) is 0 Å². The zero-order chi connectivity index (χ0) is 11.7. The number of aliphatic carboxylic acids is 1. The summed E-state index contributed by atoms with van der Waals surface area (Å²) in [6, 6.07) is 8.45. The molecule has 0 amide bonds. The summed E-state index contributed by atoms with van der Waals surface area (Å²) in [4.78, 5) is 11.9. The fourth-order valence-corrected chi connectivity index (χ4v) is 2.89. The van der Waals surface area contributed by atoms with Crippen LogP contribution in [0.4, 0.5) is 0 Å². The van der Waals surface area contributed by atoms with E-state index in [2.05, 4.69) is 38.1 Å². The first kappa shape index (κ1) is 11.5. The van der Waals surface area contributed by atoms with E-state index in [1.54, 1.807) is 11.8 Å². The summed E-state index contributed by atoms with van der Waals surface area (Å²) in [5, 5.41) is 9.09. The highest BCUT2D eigenvalue weighted by Gasteiger charge is 2.43. The Labute approximate surface area is 100 Å². The Hall–Kier alpha value is -0.960. The van der Waals surface area contributed by atoms with E-state index in [0.717, 1.165) is 6.42 Å². The van der Waals surface area contributed by atoms with E-state index >= 15 is 0 Å². The van der Waals surface area contributed by atoms with E-state index in [4.69, 9.17) is 5.11 Å². The van der Waals surface area contributed by atoms with Gasteiger partial charge < -0.3 is 5.11 Å². The van der Waals surface area contributed by atoms with Gasteiger partial charge >= 0.3 is 5.97 Å². The molecule has 1 aromatic rings. The zero-order valence-electron chi connectivity index (χ0n) is 9.51. The van der Waals surface area contributed by atoms with Gasteiger partial charge in [-0.25, -0.2) is 0 Å². The number of rotatable bonds is 4. The van der Waals surface area contributed by atoms with Crippen molar-refractivity contribution in [3.63, 3.8) is 0 Å². The lowest BCUT2D eigenvalue weighted by molar-refractivity contribution is -0.138. The standard InChI is InChI=1S/C13H16O2S/c1-8(2)9-3-5-10(6-4-9)16-12-7-11(12)13(14)15/h3-6,8,11-12H,7H2,1-2H3,(H,14,15). The average Bonchev–Trinajstić information content (AvgIpc) is 2.98. The molecule has 0 aromatic heterocycles.